The Labute approximate surface area is 245 Å². The van der Waals surface area contributed by atoms with Crippen LogP contribution in [-0.4, -0.2) is 44.1 Å². The van der Waals surface area contributed by atoms with Crippen molar-refractivity contribution in [3.05, 3.63) is 90.6 Å². The standard InChI is InChI=1S/C31H29FN4O5S/c1-36(21-6-4-3-5-7-21)30(38)18-29(37)35-20-8-10-25(23(32)16-20)41-27-12-13-34-24-17-28(42-31(24)27)26-11-9-22(40-26)19-33-14-15-39-2/h3-13,16-17,33H,14-15,18-19H2,1-2H3,(H,35,37). The molecule has 5 aromatic rings. The maximum atomic E-state index is 15.0. The summed E-state index contributed by atoms with van der Waals surface area (Å²) < 4.78 is 32.7. The predicted molar refractivity (Wildman–Crippen MR) is 160 cm³/mol. The quantitative estimate of drug-likeness (QED) is 0.132. The zero-order valence-corrected chi connectivity index (χ0v) is 23.9. The predicted octanol–water partition coefficient (Wildman–Crippen LogP) is 6.22. The number of nitrogens with zero attached hydrogens (tertiary/aromatic N) is 2. The molecular weight excluding hydrogens is 559 g/mol. The van der Waals surface area contributed by atoms with Crippen molar-refractivity contribution in [1.29, 1.82) is 0 Å². The Morgan fingerprint density at radius 2 is 1.88 bits per heavy atom. The van der Waals surface area contributed by atoms with E-state index in [4.69, 9.17) is 13.9 Å². The highest BCUT2D eigenvalue weighted by Crippen LogP contribution is 2.40. The van der Waals surface area contributed by atoms with Crippen LogP contribution in [0.5, 0.6) is 11.5 Å². The Morgan fingerprint density at radius 1 is 1.05 bits per heavy atom. The number of nitrogens with one attached hydrogen (secondary N) is 2. The Bertz CT molecular complexity index is 1690. The van der Waals surface area contributed by atoms with Crippen LogP contribution in [-0.2, 0) is 20.9 Å². The van der Waals surface area contributed by atoms with Gasteiger partial charge in [0.1, 0.15) is 23.7 Å². The number of benzene rings is 2. The van der Waals surface area contributed by atoms with E-state index in [-0.39, 0.29) is 23.8 Å². The van der Waals surface area contributed by atoms with Crippen molar-refractivity contribution in [3.63, 3.8) is 0 Å². The van der Waals surface area contributed by atoms with E-state index < -0.39 is 11.7 Å². The van der Waals surface area contributed by atoms with Crippen LogP contribution in [0.25, 0.3) is 20.9 Å². The lowest BCUT2D eigenvalue weighted by Crippen LogP contribution is -2.30. The summed E-state index contributed by atoms with van der Waals surface area (Å²) in [4.78, 5) is 31.6. The van der Waals surface area contributed by atoms with E-state index in [0.29, 0.717) is 35.9 Å². The van der Waals surface area contributed by atoms with E-state index in [1.165, 1.54) is 28.4 Å². The minimum atomic E-state index is -0.668. The largest absolute Gasteiger partial charge is 0.459 e. The fourth-order valence-corrected chi connectivity index (χ4v) is 5.17. The minimum Gasteiger partial charge on any atom is -0.459 e. The Kier molecular flexibility index (Phi) is 9.22. The lowest BCUT2D eigenvalue weighted by atomic mass is 10.2. The molecule has 0 spiro atoms. The van der Waals surface area contributed by atoms with Gasteiger partial charge in [0.25, 0.3) is 0 Å². The van der Waals surface area contributed by atoms with Gasteiger partial charge in [-0.25, -0.2) is 4.39 Å². The number of hydrogen-bond acceptors (Lipinski definition) is 8. The number of ether oxygens (including phenoxy) is 2. The number of halogens is 1. The molecule has 3 heterocycles. The first-order valence-electron chi connectivity index (χ1n) is 13.2. The highest BCUT2D eigenvalue weighted by molar-refractivity contribution is 7.22. The van der Waals surface area contributed by atoms with Gasteiger partial charge < -0.3 is 29.4 Å². The van der Waals surface area contributed by atoms with Crippen LogP contribution in [0.1, 0.15) is 12.2 Å². The highest BCUT2D eigenvalue weighted by atomic mass is 32.1. The van der Waals surface area contributed by atoms with Crippen molar-refractivity contribution in [1.82, 2.24) is 10.3 Å². The fraction of sp³-hybridized carbons (Fsp3) is 0.194. The van der Waals surface area contributed by atoms with Crippen LogP contribution in [0.15, 0.2) is 83.4 Å². The van der Waals surface area contributed by atoms with Crippen LogP contribution in [0, 0.1) is 5.82 Å². The molecule has 2 N–H and O–H groups in total. The molecule has 0 aliphatic rings. The third kappa shape index (κ3) is 7.00. The second kappa shape index (κ2) is 13.4. The van der Waals surface area contributed by atoms with Gasteiger partial charge in [0.05, 0.1) is 28.2 Å². The number of furan rings is 1. The number of amides is 2. The summed E-state index contributed by atoms with van der Waals surface area (Å²) in [6, 6.07) is 20.5. The number of aromatic nitrogens is 1. The van der Waals surface area contributed by atoms with E-state index in [1.807, 2.05) is 24.3 Å². The summed E-state index contributed by atoms with van der Waals surface area (Å²) in [6.07, 6.45) is 1.21. The maximum Gasteiger partial charge on any atom is 0.236 e. The number of hydrogen-bond donors (Lipinski definition) is 2. The van der Waals surface area contributed by atoms with E-state index >= 15 is 4.39 Å². The van der Waals surface area contributed by atoms with Gasteiger partial charge >= 0.3 is 0 Å². The summed E-state index contributed by atoms with van der Waals surface area (Å²) in [5, 5.41) is 5.82. The Morgan fingerprint density at radius 3 is 2.67 bits per heavy atom. The Hall–Kier alpha value is -4.58. The molecule has 42 heavy (non-hydrogen) atoms. The number of carbonyl (C=O) groups excluding carboxylic acids is 2. The number of carbonyl (C=O) groups is 2. The van der Waals surface area contributed by atoms with E-state index in [9.17, 15) is 9.59 Å². The molecule has 216 valence electrons. The van der Waals surface area contributed by atoms with Crippen LogP contribution in [0.2, 0.25) is 0 Å². The SMILES string of the molecule is COCCNCc1ccc(-c2cc3nccc(Oc4ccc(NC(=O)CC(=O)N(C)c5ccccc5)cc4F)c3s2)o1. The van der Waals surface area contributed by atoms with Crippen LogP contribution in [0.3, 0.4) is 0 Å². The number of fused-ring (bicyclic) bond motifs is 1. The monoisotopic (exact) mass is 588 g/mol. The van der Waals surface area contributed by atoms with Crippen molar-refractivity contribution < 1.29 is 27.9 Å². The zero-order valence-electron chi connectivity index (χ0n) is 23.1. The number of rotatable bonds is 12. The summed E-state index contributed by atoms with van der Waals surface area (Å²) >= 11 is 1.43. The van der Waals surface area contributed by atoms with Gasteiger partial charge in [0.2, 0.25) is 11.8 Å². The molecule has 0 saturated heterocycles. The van der Waals surface area contributed by atoms with Crippen molar-refractivity contribution in [2.45, 2.75) is 13.0 Å². The number of thiophene rings is 1. The van der Waals surface area contributed by atoms with Crippen LogP contribution < -0.4 is 20.3 Å². The molecule has 9 nitrogen and oxygen atoms in total. The van der Waals surface area contributed by atoms with Gasteiger partial charge in [0.15, 0.2) is 11.6 Å². The molecule has 5 rings (SSSR count). The molecule has 0 radical (unpaired) electrons. The molecule has 0 atom stereocenters. The van der Waals surface area contributed by atoms with Crippen molar-refractivity contribution in [3.8, 4) is 22.1 Å². The van der Waals surface area contributed by atoms with Crippen molar-refractivity contribution in [2.75, 3.05) is 37.5 Å². The molecule has 3 aromatic heterocycles. The summed E-state index contributed by atoms with van der Waals surface area (Å²) in [7, 11) is 3.25. The molecule has 2 amide bonds. The van der Waals surface area contributed by atoms with Crippen molar-refractivity contribution >= 4 is 44.7 Å². The lowest BCUT2D eigenvalue weighted by molar-refractivity contribution is -0.125. The number of anilines is 2. The average Bonchev–Trinajstić information content (AvgIpc) is 3.64. The molecular formula is C31H29FN4O5S. The molecule has 0 fully saturated rings. The average molecular weight is 589 g/mol. The van der Waals surface area contributed by atoms with Gasteiger partial charge in [-0.2, -0.15) is 0 Å². The second-order valence-corrected chi connectivity index (χ2v) is 10.4. The first-order valence-corrected chi connectivity index (χ1v) is 14.0. The lowest BCUT2D eigenvalue weighted by Gasteiger charge is -2.17. The van der Waals surface area contributed by atoms with Crippen LogP contribution in [0.4, 0.5) is 15.8 Å². The fourth-order valence-electron chi connectivity index (χ4n) is 4.14. The molecule has 0 aliphatic carbocycles. The van der Waals surface area contributed by atoms with Crippen LogP contribution >= 0.6 is 11.3 Å². The molecule has 11 heteroatoms. The molecule has 0 aliphatic heterocycles. The molecule has 0 unspecified atom stereocenters. The minimum absolute atomic E-state index is 0.0160. The second-order valence-electron chi connectivity index (χ2n) is 9.33. The van der Waals surface area contributed by atoms with E-state index in [1.54, 1.807) is 50.7 Å². The maximum absolute atomic E-state index is 15.0. The first-order chi connectivity index (χ1) is 20.4. The summed E-state index contributed by atoms with van der Waals surface area (Å²) in [5.74, 6) is 0.313. The van der Waals surface area contributed by atoms with Gasteiger partial charge in [-0.1, -0.05) is 18.2 Å². The van der Waals surface area contributed by atoms with Gasteiger partial charge in [-0.15, -0.1) is 11.3 Å². The summed E-state index contributed by atoms with van der Waals surface area (Å²) in [6.45, 7) is 1.91. The number of pyridine rings is 1. The van der Waals surface area contributed by atoms with Crippen molar-refractivity contribution in [2.24, 2.45) is 0 Å². The Balaban J connectivity index is 1.23. The normalized spacial score (nSPS) is 11.0. The molecule has 0 saturated carbocycles. The smallest absolute Gasteiger partial charge is 0.236 e. The number of methoxy groups -OCH3 is 1. The van der Waals surface area contributed by atoms with E-state index in [2.05, 4.69) is 15.6 Å². The zero-order chi connectivity index (χ0) is 29.5. The molecule has 0 bridgehead atoms. The van der Waals surface area contributed by atoms with Gasteiger partial charge in [-0.3, -0.25) is 14.6 Å². The third-order valence-corrected chi connectivity index (χ3v) is 7.48. The van der Waals surface area contributed by atoms with Gasteiger partial charge in [0, 0.05) is 50.4 Å². The third-order valence-electron chi connectivity index (χ3n) is 6.33. The topological polar surface area (TPSA) is 106 Å². The van der Waals surface area contributed by atoms with Gasteiger partial charge in [-0.05, 0) is 42.5 Å². The van der Waals surface area contributed by atoms with E-state index in [0.717, 1.165) is 27.9 Å². The summed E-state index contributed by atoms with van der Waals surface area (Å²) in [5.41, 5.74) is 1.58. The number of para-hydroxylation sites is 1. The molecule has 2 aromatic carbocycles. The highest BCUT2D eigenvalue weighted by Gasteiger charge is 2.18. The first kappa shape index (κ1) is 28.9.